The lowest BCUT2D eigenvalue weighted by molar-refractivity contribution is 0.678. The fourth-order valence-corrected chi connectivity index (χ4v) is 4.21. The van der Waals surface area contributed by atoms with E-state index in [1.165, 1.54) is 0 Å². The molecule has 3 rings (SSSR count). The van der Waals surface area contributed by atoms with Crippen LogP contribution in [-0.2, 0) is 11.0 Å². The maximum Gasteiger partial charge on any atom is 0.158 e. The highest BCUT2D eigenvalue weighted by Gasteiger charge is 2.14. The van der Waals surface area contributed by atoms with E-state index in [-0.39, 0.29) is 0 Å². The number of benzene rings is 1. The fraction of sp³-hybridized carbons (Fsp3) is 0.0714. The van der Waals surface area contributed by atoms with Gasteiger partial charge in [0, 0.05) is 25.8 Å². The summed E-state index contributed by atoms with van der Waals surface area (Å²) in [6, 6.07) is 9.71. The van der Waals surface area contributed by atoms with Gasteiger partial charge in [0.2, 0.25) is 0 Å². The Labute approximate surface area is 141 Å². The number of hydrogen-bond acceptors (Lipinski definition) is 2. The highest BCUT2D eigenvalue weighted by atomic mass is 127. The Bertz CT molecular complexity index is 814. The van der Waals surface area contributed by atoms with Crippen molar-refractivity contribution >= 4 is 60.5 Å². The molecule has 0 radical (unpaired) electrons. The number of pyridine rings is 1. The molecule has 0 aliphatic carbocycles. The molecule has 0 aliphatic rings. The van der Waals surface area contributed by atoms with Gasteiger partial charge in [-0.05, 0) is 63.6 Å². The van der Waals surface area contributed by atoms with E-state index < -0.39 is 11.0 Å². The summed E-state index contributed by atoms with van der Waals surface area (Å²) in [6.45, 7) is 2.01. The van der Waals surface area contributed by atoms with E-state index in [9.17, 15) is 4.21 Å². The van der Waals surface area contributed by atoms with Crippen molar-refractivity contribution in [2.75, 3.05) is 0 Å². The summed E-state index contributed by atoms with van der Waals surface area (Å²) < 4.78 is 16.4. The van der Waals surface area contributed by atoms with E-state index in [0.29, 0.717) is 0 Å². The summed E-state index contributed by atoms with van der Waals surface area (Å²) >= 11 is 5.65. The largest absolute Gasteiger partial charge is 0.245 e. The minimum Gasteiger partial charge on any atom is -0.245 e. The molecule has 0 saturated heterocycles. The average Bonchev–Trinajstić information content (AvgIpc) is 2.76. The quantitative estimate of drug-likeness (QED) is 0.535. The summed E-state index contributed by atoms with van der Waals surface area (Å²) in [7, 11) is -1.28. The monoisotopic (exact) mass is 460 g/mol. The number of fused-ring (bicyclic) bond motifs is 1. The predicted molar refractivity (Wildman–Crippen MR) is 93.1 cm³/mol. The van der Waals surface area contributed by atoms with Crippen molar-refractivity contribution in [3.63, 3.8) is 0 Å². The van der Waals surface area contributed by atoms with Gasteiger partial charge in [-0.1, -0.05) is 17.7 Å². The van der Waals surface area contributed by atoms with Crippen LogP contribution in [-0.4, -0.2) is 13.2 Å². The molecule has 0 spiro atoms. The third kappa shape index (κ3) is 2.56. The molecule has 20 heavy (non-hydrogen) atoms. The first-order chi connectivity index (χ1) is 9.56. The van der Waals surface area contributed by atoms with Crippen molar-refractivity contribution in [3.8, 4) is 0 Å². The van der Waals surface area contributed by atoms with Crippen molar-refractivity contribution in [1.29, 1.82) is 0 Å². The normalized spacial score (nSPS) is 12.8. The van der Waals surface area contributed by atoms with E-state index in [1.807, 2.05) is 43.5 Å². The minimum atomic E-state index is -1.28. The van der Waals surface area contributed by atoms with Crippen LogP contribution >= 0.6 is 38.5 Å². The maximum absolute atomic E-state index is 12.7. The van der Waals surface area contributed by atoms with Gasteiger partial charge in [-0.2, -0.15) is 0 Å². The molecule has 3 aromatic rings. The molecule has 2 heterocycles. The molecule has 1 aromatic carbocycles. The Balaban J connectivity index is 2.15. The molecule has 0 amide bonds. The van der Waals surface area contributed by atoms with Crippen LogP contribution in [0.2, 0.25) is 0 Å². The first kappa shape index (κ1) is 14.2. The number of hydrogen-bond donors (Lipinski definition) is 0. The Morgan fingerprint density at radius 1 is 1.30 bits per heavy atom. The first-order valence-electron chi connectivity index (χ1n) is 5.87. The van der Waals surface area contributed by atoms with Crippen molar-refractivity contribution in [1.82, 2.24) is 8.96 Å². The van der Waals surface area contributed by atoms with Crippen LogP contribution in [0.5, 0.6) is 0 Å². The molecule has 0 aliphatic heterocycles. The zero-order valence-corrected chi connectivity index (χ0v) is 15.1. The SMILES string of the molecule is Cc1ccc(S(=O)n2cc(I)c3cc(Br)cnc32)cc1. The first-order valence-corrected chi connectivity index (χ1v) is 8.85. The highest BCUT2D eigenvalue weighted by molar-refractivity contribution is 14.1. The molecule has 2 aromatic heterocycles. The Morgan fingerprint density at radius 3 is 2.70 bits per heavy atom. The number of nitrogens with zero attached hydrogens (tertiary/aromatic N) is 2. The molecular weight excluding hydrogens is 451 g/mol. The van der Waals surface area contributed by atoms with Gasteiger partial charge in [-0.3, -0.25) is 0 Å². The second-order valence-corrected chi connectivity index (χ2v) is 7.83. The zero-order chi connectivity index (χ0) is 14.3. The Kier molecular flexibility index (Phi) is 3.96. The van der Waals surface area contributed by atoms with Crippen LogP contribution in [0.1, 0.15) is 5.56 Å². The van der Waals surface area contributed by atoms with Gasteiger partial charge in [-0.25, -0.2) is 13.2 Å². The minimum absolute atomic E-state index is 0.733. The topological polar surface area (TPSA) is 34.9 Å². The summed E-state index contributed by atoms with van der Waals surface area (Å²) in [4.78, 5) is 5.16. The second kappa shape index (κ2) is 5.57. The number of aromatic nitrogens is 2. The van der Waals surface area contributed by atoms with Gasteiger partial charge in [0.25, 0.3) is 0 Å². The number of halogens is 2. The third-order valence-electron chi connectivity index (χ3n) is 2.93. The van der Waals surface area contributed by atoms with Crippen molar-refractivity contribution in [2.45, 2.75) is 11.8 Å². The average molecular weight is 461 g/mol. The Morgan fingerprint density at radius 2 is 2.00 bits per heavy atom. The molecule has 0 fully saturated rings. The van der Waals surface area contributed by atoms with Crippen LogP contribution in [0, 0.1) is 10.5 Å². The standard InChI is InChI=1S/C14H10BrIN2OS/c1-9-2-4-11(5-3-9)20(19)18-8-13(16)12-6-10(15)7-17-14(12)18/h2-8H,1H3. The van der Waals surface area contributed by atoms with Gasteiger partial charge in [0.05, 0.1) is 4.90 Å². The smallest absolute Gasteiger partial charge is 0.158 e. The summed E-state index contributed by atoms with van der Waals surface area (Å²) in [5.74, 6) is 0. The summed E-state index contributed by atoms with van der Waals surface area (Å²) in [6.07, 6.45) is 3.60. The molecule has 0 bridgehead atoms. The number of rotatable bonds is 2. The van der Waals surface area contributed by atoms with Crippen molar-refractivity contribution in [2.24, 2.45) is 0 Å². The van der Waals surface area contributed by atoms with Gasteiger partial charge in [0.15, 0.2) is 16.6 Å². The van der Waals surface area contributed by atoms with E-state index in [4.69, 9.17) is 0 Å². The van der Waals surface area contributed by atoms with Crippen molar-refractivity contribution in [3.05, 3.63) is 56.3 Å². The van der Waals surface area contributed by atoms with Gasteiger partial charge in [-0.15, -0.1) is 0 Å². The molecule has 1 atom stereocenters. The lowest BCUT2D eigenvalue weighted by atomic mass is 10.2. The van der Waals surface area contributed by atoms with Gasteiger partial charge >= 0.3 is 0 Å². The molecule has 6 heteroatoms. The number of aryl methyl sites for hydroxylation is 1. The van der Waals surface area contributed by atoms with Gasteiger partial charge in [0.1, 0.15) is 0 Å². The molecule has 0 saturated carbocycles. The second-order valence-electron chi connectivity index (χ2n) is 4.39. The van der Waals surface area contributed by atoms with E-state index >= 15 is 0 Å². The van der Waals surface area contributed by atoms with Crippen LogP contribution in [0.15, 0.2) is 52.1 Å². The molecular formula is C14H10BrIN2OS. The maximum atomic E-state index is 12.7. The Hall–Kier alpha value is -0.730. The fourth-order valence-electron chi connectivity index (χ4n) is 1.91. The van der Waals surface area contributed by atoms with Crippen LogP contribution in [0.25, 0.3) is 11.0 Å². The molecule has 0 N–H and O–H groups in total. The third-order valence-corrected chi connectivity index (χ3v) is 5.54. The van der Waals surface area contributed by atoms with Crippen LogP contribution < -0.4 is 0 Å². The molecule has 102 valence electrons. The van der Waals surface area contributed by atoms with E-state index in [0.717, 1.165) is 29.5 Å². The lowest BCUT2D eigenvalue weighted by Crippen LogP contribution is -2.04. The van der Waals surface area contributed by atoms with Gasteiger partial charge < -0.3 is 0 Å². The molecule has 1 unspecified atom stereocenters. The van der Waals surface area contributed by atoms with Crippen LogP contribution in [0.3, 0.4) is 0 Å². The lowest BCUT2D eigenvalue weighted by Gasteiger charge is -2.05. The molecule has 3 nitrogen and oxygen atoms in total. The highest BCUT2D eigenvalue weighted by Crippen LogP contribution is 2.26. The van der Waals surface area contributed by atoms with Crippen LogP contribution in [0.4, 0.5) is 0 Å². The summed E-state index contributed by atoms with van der Waals surface area (Å²) in [5.41, 5.74) is 1.89. The van der Waals surface area contributed by atoms with E-state index in [2.05, 4.69) is 43.5 Å². The summed E-state index contributed by atoms with van der Waals surface area (Å²) in [5, 5.41) is 1.00. The van der Waals surface area contributed by atoms with Crippen molar-refractivity contribution < 1.29 is 4.21 Å². The van der Waals surface area contributed by atoms with E-state index in [1.54, 1.807) is 10.2 Å². The predicted octanol–water partition coefficient (Wildman–Crippen LogP) is 4.28. The zero-order valence-electron chi connectivity index (χ0n) is 10.5.